The molecule has 0 saturated heterocycles. The van der Waals surface area contributed by atoms with Crippen molar-refractivity contribution in [2.75, 3.05) is 14.2 Å². The van der Waals surface area contributed by atoms with Gasteiger partial charge in [0.05, 0.1) is 31.9 Å². The molecular weight excluding hydrogens is 286 g/mol. The molecule has 118 valence electrons. The topological polar surface area (TPSA) is 70.8 Å². The maximum absolute atomic E-state index is 11.9. The molecule has 6 heteroatoms. The lowest BCUT2D eigenvalue weighted by Gasteiger charge is -2.09. The molecule has 0 unspecified atom stereocenters. The van der Waals surface area contributed by atoms with E-state index in [0.717, 1.165) is 16.8 Å². The van der Waals surface area contributed by atoms with Gasteiger partial charge in [-0.3, -0.25) is 4.79 Å². The molecule has 6 nitrogen and oxygen atoms in total. The van der Waals surface area contributed by atoms with Crippen LogP contribution in [0.5, 0.6) is 11.5 Å². The molecule has 0 saturated carbocycles. The van der Waals surface area contributed by atoms with Gasteiger partial charge in [-0.2, -0.15) is 0 Å². The Bertz CT molecular complexity index is 643. The quantitative estimate of drug-likeness (QED) is 0.764. The first-order valence-corrected chi connectivity index (χ1v) is 6.83. The molecule has 22 heavy (non-hydrogen) atoms. The minimum Gasteiger partial charge on any atom is -0.493 e. The van der Waals surface area contributed by atoms with Crippen LogP contribution in [-0.4, -0.2) is 25.3 Å². The van der Waals surface area contributed by atoms with E-state index >= 15 is 0 Å². The third-order valence-electron chi connectivity index (χ3n) is 3.36. The predicted octanol–water partition coefficient (Wildman–Crippen LogP) is 2.59. The van der Waals surface area contributed by atoms with Gasteiger partial charge in [-0.15, -0.1) is 0 Å². The van der Waals surface area contributed by atoms with Gasteiger partial charge in [-0.25, -0.2) is 0 Å². The highest BCUT2D eigenvalue weighted by Crippen LogP contribution is 2.27. The van der Waals surface area contributed by atoms with Gasteiger partial charge in [0.2, 0.25) is 0 Å². The molecule has 0 aliphatic rings. The monoisotopic (exact) mass is 305 g/mol. The lowest BCUT2D eigenvalue weighted by atomic mass is 10.1. The number of nitrogens with zero attached hydrogens (tertiary/aromatic N) is 1. The Hall–Kier alpha value is -2.50. The van der Waals surface area contributed by atoms with Gasteiger partial charge < -0.3 is 18.7 Å². The summed E-state index contributed by atoms with van der Waals surface area (Å²) in [5, 5.41) is 3.82. The number of carbonyl (C=O) groups excluding carboxylic acids is 1. The summed E-state index contributed by atoms with van der Waals surface area (Å²) in [4.78, 5) is 11.9. The van der Waals surface area contributed by atoms with Gasteiger partial charge in [-0.1, -0.05) is 11.2 Å². The number of methoxy groups -OCH3 is 2. The molecule has 0 fully saturated rings. The Morgan fingerprint density at radius 1 is 1.18 bits per heavy atom. The van der Waals surface area contributed by atoms with Crippen LogP contribution in [0.4, 0.5) is 0 Å². The third kappa shape index (κ3) is 3.58. The lowest BCUT2D eigenvalue weighted by Crippen LogP contribution is -2.09. The second kappa shape index (κ2) is 6.98. The maximum atomic E-state index is 11.9. The molecule has 0 bridgehead atoms. The van der Waals surface area contributed by atoms with Crippen LogP contribution in [0.3, 0.4) is 0 Å². The van der Waals surface area contributed by atoms with Crippen molar-refractivity contribution in [2.24, 2.45) is 0 Å². The van der Waals surface area contributed by atoms with Gasteiger partial charge in [-0.05, 0) is 31.5 Å². The summed E-state index contributed by atoms with van der Waals surface area (Å²) in [5.74, 6) is 1.54. The number of aryl methyl sites for hydroxylation is 2. The summed E-state index contributed by atoms with van der Waals surface area (Å²) in [6, 6.07) is 5.32. The Morgan fingerprint density at radius 3 is 2.50 bits per heavy atom. The van der Waals surface area contributed by atoms with Crippen molar-refractivity contribution in [3.63, 3.8) is 0 Å². The Morgan fingerprint density at radius 2 is 1.91 bits per heavy atom. The zero-order valence-electron chi connectivity index (χ0n) is 13.1. The Labute approximate surface area is 129 Å². The molecule has 0 spiro atoms. The van der Waals surface area contributed by atoms with Crippen molar-refractivity contribution in [1.82, 2.24) is 5.16 Å². The van der Waals surface area contributed by atoms with Crippen LogP contribution in [-0.2, 0) is 22.6 Å². The van der Waals surface area contributed by atoms with Gasteiger partial charge in [0.25, 0.3) is 0 Å². The summed E-state index contributed by atoms with van der Waals surface area (Å²) in [5.41, 5.74) is 2.33. The van der Waals surface area contributed by atoms with Crippen molar-refractivity contribution < 1.29 is 23.5 Å². The first-order chi connectivity index (χ1) is 10.5. The van der Waals surface area contributed by atoms with E-state index in [-0.39, 0.29) is 19.0 Å². The molecule has 1 aromatic heterocycles. The number of aromatic nitrogens is 1. The lowest BCUT2D eigenvalue weighted by molar-refractivity contribution is -0.144. The highest BCUT2D eigenvalue weighted by Gasteiger charge is 2.13. The fourth-order valence-corrected chi connectivity index (χ4v) is 2.07. The number of carbonyl (C=O) groups is 1. The second-order valence-corrected chi connectivity index (χ2v) is 4.83. The summed E-state index contributed by atoms with van der Waals surface area (Å²) < 4.78 is 20.7. The zero-order valence-corrected chi connectivity index (χ0v) is 13.1. The highest BCUT2D eigenvalue weighted by molar-refractivity contribution is 5.73. The minimum atomic E-state index is -0.327. The molecule has 0 N–H and O–H groups in total. The molecule has 0 atom stereocenters. The van der Waals surface area contributed by atoms with Crippen molar-refractivity contribution >= 4 is 5.97 Å². The Kier molecular flexibility index (Phi) is 5.04. The van der Waals surface area contributed by atoms with E-state index in [1.54, 1.807) is 39.3 Å². The third-order valence-corrected chi connectivity index (χ3v) is 3.36. The van der Waals surface area contributed by atoms with E-state index in [9.17, 15) is 4.79 Å². The van der Waals surface area contributed by atoms with Crippen LogP contribution >= 0.6 is 0 Å². The largest absolute Gasteiger partial charge is 0.493 e. The standard InChI is InChI=1S/C16H19NO5/c1-10-13(11(2)22-17-10)9-21-16(18)8-12-5-6-14(19-3)15(7-12)20-4/h5-7H,8-9H2,1-4H3. The van der Waals surface area contributed by atoms with Crippen LogP contribution in [0.25, 0.3) is 0 Å². The normalized spacial score (nSPS) is 10.4. The molecule has 1 heterocycles. The fraction of sp³-hybridized carbons (Fsp3) is 0.375. The Balaban J connectivity index is 1.97. The smallest absolute Gasteiger partial charge is 0.310 e. The van der Waals surface area contributed by atoms with Gasteiger partial charge >= 0.3 is 5.97 Å². The van der Waals surface area contributed by atoms with Crippen LogP contribution < -0.4 is 9.47 Å². The van der Waals surface area contributed by atoms with Crippen molar-refractivity contribution in [3.8, 4) is 11.5 Å². The summed E-state index contributed by atoms with van der Waals surface area (Å²) in [7, 11) is 3.12. The van der Waals surface area contributed by atoms with Gasteiger partial charge in [0.15, 0.2) is 11.5 Å². The fourth-order valence-electron chi connectivity index (χ4n) is 2.07. The van der Waals surface area contributed by atoms with Crippen LogP contribution in [0.1, 0.15) is 22.6 Å². The summed E-state index contributed by atoms with van der Waals surface area (Å²) >= 11 is 0. The van der Waals surface area contributed by atoms with Gasteiger partial charge in [0.1, 0.15) is 12.4 Å². The number of benzene rings is 1. The van der Waals surface area contributed by atoms with Crippen LogP contribution in [0.15, 0.2) is 22.7 Å². The predicted molar refractivity (Wildman–Crippen MR) is 79.0 cm³/mol. The van der Waals surface area contributed by atoms with Gasteiger partial charge in [0, 0.05) is 0 Å². The SMILES string of the molecule is COc1ccc(CC(=O)OCc2c(C)noc2C)cc1OC. The first-order valence-electron chi connectivity index (χ1n) is 6.83. The highest BCUT2D eigenvalue weighted by atomic mass is 16.5. The minimum absolute atomic E-state index is 0.156. The molecule has 0 aliphatic carbocycles. The van der Waals surface area contributed by atoms with E-state index < -0.39 is 0 Å². The van der Waals surface area contributed by atoms with E-state index in [1.165, 1.54) is 0 Å². The van der Waals surface area contributed by atoms with E-state index in [2.05, 4.69) is 5.16 Å². The molecule has 2 aromatic rings. The average molecular weight is 305 g/mol. The number of rotatable bonds is 6. The summed E-state index contributed by atoms with van der Waals surface area (Å²) in [6.45, 7) is 3.76. The number of hydrogen-bond acceptors (Lipinski definition) is 6. The van der Waals surface area contributed by atoms with Crippen molar-refractivity contribution in [1.29, 1.82) is 0 Å². The number of ether oxygens (including phenoxy) is 3. The molecule has 2 rings (SSSR count). The molecular formula is C16H19NO5. The van der Waals surface area contributed by atoms with E-state index in [4.69, 9.17) is 18.7 Å². The van der Waals surface area contributed by atoms with Crippen molar-refractivity contribution in [3.05, 3.63) is 40.8 Å². The first kappa shape index (κ1) is 15.9. The molecule has 0 radical (unpaired) electrons. The van der Waals surface area contributed by atoms with E-state index in [0.29, 0.717) is 17.3 Å². The number of hydrogen-bond donors (Lipinski definition) is 0. The van der Waals surface area contributed by atoms with Crippen LogP contribution in [0.2, 0.25) is 0 Å². The van der Waals surface area contributed by atoms with E-state index in [1.807, 2.05) is 6.92 Å². The maximum Gasteiger partial charge on any atom is 0.310 e. The average Bonchev–Trinajstić information content (AvgIpc) is 2.83. The molecule has 0 aliphatic heterocycles. The molecule has 1 aromatic carbocycles. The van der Waals surface area contributed by atoms with Crippen molar-refractivity contribution in [2.45, 2.75) is 26.9 Å². The van der Waals surface area contributed by atoms with Crippen LogP contribution in [0, 0.1) is 13.8 Å². The second-order valence-electron chi connectivity index (χ2n) is 4.83. The zero-order chi connectivity index (χ0) is 16.1. The summed E-state index contributed by atoms with van der Waals surface area (Å²) in [6.07, 6.45) is 0.156. The molecule has 0 amide bonds. The number of esters is 1.